The van der Waals surface area contributed by atoms with Gasteiger partial charge in [0, 0.05) is 23.1 Å². The molecule has 18 heavy (non-hydrogen) atoms. The Labute approximate surface area is 115 Å². The van der Waals surface area contributed by atoms with Gasteiger partial charge in [-0.3, -0.25) is 9.59 Å². The second-order valence-electron chi connectivity index (χ2n) is 3.42. The van der Waals surface area contributed by atoms with Gasteiger partial charge in [0.2, 0.25) is 0 Å². The van der Waals surface area contributed by atoms with Crippen LogP contribution in [0.3, 0.4) is 0 Å². The molecule has 96 valence electrons. The first kappa shape index (κ1) is 14.5. The van der Waals surface area contributed by atoms with Gasteiger partial charge in [-0.05, 0) is 17.7 Å². The van der Waals surface area contributed by atoms with Gasteiger partial charge in [0.1, 0.15) is 0 Å². The summed E-state index contributed by atoms with van der Waals surface area (Å²) in [6.07, 6.45) is 1.49. The third-order valence-electron chi connectivity index (χ3n) is 2.07. The number of benzene rings is 1. The molecule has 0 aliphatic carbocycles. The largest absolute Gasteiger partial charge is 0.344 e. The van der Waals surface area contributed by atoms with Gasteiger partial charge in [-0.1, -0.05) is 35.3 Å². The second kappa shape index (κ2) is 7.03. The molecule has 0 fully saturated rings. The highest BCUT2D eigenvalue weighted by Crippen LogP contribution is 2.20. The average Bonchev–Trinajstić information content (AvgIpc) is 2.34. The van der Waals surface area contributed by atoms with Crippen molar-refractivity contribution < 1.29 is 9.59 Å². The summed E-state index contributed by atoms with van der Waals surface area (Å²) in [6.45, 7) is 3.84. The quantitative estimate of drug-likeness (QED) is 0.656. The van der Waals surface area contributed by atoms with Gasteiger partial charge in [0.05, 0.1) is 0 Å². The molecule has 2 N–H and O–H groups in total. The molecule has 1 aromatic rings. The van der Waals surface area contributed by atoms with Gasteiger partial charge in [-0.2, -0.15) is 0 Å². The van der Waals surface area contributed by atoms with Crippen LogP contribution in [0.2, 0.25) is 10.0 Å². The van der Waals surface area contributed by atoms with Crippen molar-refractivity contribution in [2.45, 2.75) is 6.54 Å². The summed E-state index contributed by atoms with van der Waals surface area (Å²) in [5.74, 6) is -1.43. The molecule has 0 atom stereocenters. The zero-order valence-electron chi connectivity index (χ0n) is 9.50. The van der Waals surface area contributed by atoms with E-state index >= 15 is 0 Å². The van der Waals surface area contributed by atoms with Crippen molar-refractivity contribution in [1.29, 1.82) is 0 Å². The Balaban J connectivity index is 2.52. The van der Waals surface area contributed by atoms with Gasteiger partial charge in [-0.25, -0.2) is 0 Å². The van der Waals surface area contributed by atoms with E-state index in [1.54, 1.807) is 18.2 Å². The van der Waals surface area contributed by atoms with E-state index in [4.69, 9.17) is 23.2 Å². The molecule has 6 heteroatoms. The number of amides is 2. The Kier molecular flexibility index (Phi) is 5.68. The number of nitrogens with one attached hydrogen (secondary N) is 2. The van der Waals surface area contributed by atoms with E-state index in [2.05, 4.69) is 17.2 Å². The van der Waals surface area contributed by atoms with Gasteiger partial charge < -0.3 is 10.6 Å². The van der Waals surface area contributed by atoms with Crippen LogP contribution in [0.15, 0.2) is 30.9 Å². The number of hydrogen-bond acceptors (Lipinski definition) is 2. The lowest BCUT2D eigenvalue weighted by molar-refractivity contribution is -0.139. The summed E-state index contributed by atoms with van der Waals surface area (Å²) in [6, 6.07) is 4.92. The van der Waals surface area contributed by atoms with Crippen molar-refractivity contribution in [3.8, 4) is 0 Å². The minimum absolute atomic E-state index is 0.163. The van der Waals surface area contributed by atoms with Crippen LogP contribution in [0.25, 0.3) is 0 Å². The Bertz CT molecular complexity index is 475. The fraction of sp³-hybridized carbons (Fsp3) is 0.167. The minimum atomic E-state index is -0.720. The molecule has 0 bridgehead atoms. The highest BCUT2D eigenvalue weighted by atomic mass is 35.5. The Morgan fingerprint density at radius 3 is 2.50 bits per heavy atom. The Morgan fingerprint density at radius 2 is 1.89 bits per heavy atom. The number of hydrogen-bond donors (Lipinski definition) is 2. The molecule has 0 unspecified atom stereocenters. The molecule has 0 aliphatic rings. The summed E-state index contributed by atoms with van der Waals surface area (Å²) in [5, 5.41) is 5.78. The molecule has 0 radical (unpaired) electrons. The molecular weight excluding hydrogens is 275 g/mol. The van der Waals surface area contributed by atoms with E-state index in [1.165, 1.54) is 6.08 Å². The van der Waals surface area contributed by atoms with Crippen LogP contribution in [-0.4, -0.2) is 18.4 Å². The first-order valence-corrected chi connectivity index (χ1v) is 5.91. The lowest BCUT2D eigenvalue weighted by atomic mass is 10.2. The topological polar surface area (TPSA) is 58.2 Å². The van der Waals surface area contributed by atoms with Gasteiger partial charge in [0.25, 0.3) is 0 Å². The van der Waals surface area contributed by atoms with Crippen molar-refractivity contribution in [3.05, 3.63) is 46.5 Å². The zero-order valence-corrected chi connectivity index (χ0v) is 11.0. The molecule has 2 amide bonds. The average molecular weight is 287 g/mol. The molecular formula is C12H12Cl2N2O2. The van der Waals surface area contributed by atoms with E-state index in [9.17, 15) is 9.59 Å². The highest BCUT2D eigenvalue weighted by Gasteiger charge is 2.12. The predicted molar refractivity (Wildman–Crippen MR) is 71.5 cm³/mol. The third-order valence-corrected chi connectivity index (χ3v) is 2.65. The normalized spacial score (nSPS) is 9.67. The maximum atomic E-state index is 11.4. The number of rotatable bonds is 4. The van der Waals surface area contributed by atoms with Crippen LogP contribution in [0, 0.1) is 0 Å². The van der Waals surface area contributed by atoms with E-state index < -0.39 is 11.8 Å². The molecule has 0 saturated heterocycles. The van der Waals surface area contributed by atoms with Crippen LogP contribution in [0.5, 0.6) is 0 Å². The van der Waals surface area contributed by atoms with E-state index in [1.807, 2.05) is 0 Å². The maximum absolute atomic E-state index is 11.4. The van der Waals surface area contributed by atoms with Crippen molar-refractivity contribution in [2.24, 2.45) is 0 Å². The van der Waals surface area contributed by atoms with E-state index in [-0.39, 0.29) is 13.1 Å². The van der Waals surface area contributed by atoms with Crippen LogP contribution in [0.1, 0.15) is 5.56 Å². The Hall–Kier alpha value is -1.52. The minimum Gasteiger partial charge on any atom is -0.344 e. The molecule has 4 nitrogen and oxygen atoms in total. The first-order chi connectivity index (χ1) is 8.54. The number of carbonyl (C=O) groups is 2. The van der Waals surface area contributed by atoms with Crippen molar-refractivity contribution >= 4 is 35.0 Å². The van der Waals surface area contributed by atoms with Crippen molar-refractivity contribution in [1.82, 2.24) is 10.6 Å². The van der Waals surface area contributed by atoms with E-state index in [0.29, 0.717) is 15.6 Å². The first-order valence-electron chi connectivity index (χ1n) is 5.15. The number of carbonyl (C=O) groups excluding carboxylic acids is 2. The van der Waals surface area contributed by atoms with Crippen LogP contribution in [-0.2, 0) is 16.1 Å². The maximum Gasteiger partial charge on any atom is 0.309 e. The van der Waals surface area contributed by atoms with E-state index in [0.717, 1.165) is 0 Å². The van der Waals surface area contributed by atoms with Crippen LogP contribution in [0.4, 0.5) is 0 Å². The van der Waals surface area contributed by atoms with Crippen molar-refractivity contribution in [3.63, 3.8) is 0 Å². The lowest BCUT2D eigenvalue weighted by Crippen LogP contribution is -2.39. The summed E-state index contributed by atoms with van der Waals surface area (Å²) < 4.78 is 0. The highest BCUT2D eigenvalue weighted by molar-refractivity contribution is 6.36. The standard InChI is InChI=1S/C12H12Cl2N2O2/c1-2-5-15-11(17)12(18)16-7-8-3-4-9(13)6-10(8)14/h2-4,6H,1,5,7H2,(H,15,17)(H,16,18). The molecule has 0 saturated carbocycles. The van der Waals surface area contributed by atoms with Crippen LogP contribution >= 0.6 is 23.2 Å². The van der Waals surface area contributed by atoms with Crippen LogP contribution < -0.4 is 10.6 Å². The summed E-state index contributed by atoms with van der Waals surface area (Å²) >= 11 is 11.7. The number of halogens is 2. The molecule has 0 spiro atoms. The summed E-state index contributed by atoms with van der Waals surface area (Å²) in [5.41, 5.74) is 0.686. The van der Waals surface area contributed by atoms with Gasteiger partial charge >= 0.3 is 11.8 Å². The predicted octanol–water partition coefficient (Wildman–Crippen LogP) is 1.91. The van der Waals surface area contributed by atoms with Gasteiger partial charge in [-0.15, -0.1) is 6.58 Å². The lowest BCUT2D eigenvalue weighted by Gasteiger charge is -2.07. The molecule has 1 aromatic carbocycles. The fourth-order valence-electron chi connectivity index (χ4n) is 1.17. The third kappa shape index (κ3) is 4.39. The Morgan fingerprint density at radius 1 is 1.22 bits per heavy atom. The molecule has 0 heterocycles. The molecule has 0 aromatic heterocycles. The second-order valence-corrected chi connectivity index (χ2v) is 4.26. The fourth-order valence-corrected chi connectivity index (χ4v) is 1.64. The smallest absolute Gasteiger partial charge is 0.309 e. The summed E-state index contributed by atoms with van der Waals surface area (Å²) in [7, 11) is 0. The monoisotopic (exact) mass is 286 g/mol. The van der Waals surface area contributed by atoms with Crippen molar-refractivity contribution in [2.75, 3.05) is 6.54 Å². The zero-order chi connectivity index (χ0) is 13.5. The summed E-state index contributed by atoms with van der Waals surface area (Å²) in [4.78, 5) is 22.6. The van der Waals surface area contributed by atoms with Gasteiger partial charge in [0.15, 0.2) is 0 Å². The molecule has 0 aliphatic heterocycles. The SMILES string of the molecule is C=CCNC(=O)C(=O)NCc1ccc(Cl)cc1Cl. The molecule has 1 rings (SSSR count).